The highest BCUT2D eigenvalue weighted by Gasteiger charge is 2.52. The molecule has 1 aromatic carbocycles. The quantitative estimate of drug-likeness (QED) is 0.753. The monoisotopic (exact) mass is 413 g/mol. The molecular weight excluding hydrogens is 382 g/mol. The van der Waals surface area contributed by atoms with Crippen molar-refractivity contribution in [3.8, 4) is 5.75 Å². The van der Waals surface area contributed by atoms with Crippen molar-refractivity contribution in [3.63, 3.8) is 0 Å². The van der Waals surface area contributed by atoms with Crippen LogP contribution in [0.5, 0.6) is 5.75 Å². The lowest BCUT2D eigenvalue weighted by Crippen LogP contribution is -2.53. The van der Waals surface area contributed by atoms with E-state index in [9.17, 15) is 14.4 Å². The largest absolute Gasteiger partial charge is 0.497 e. The van der Waals surface area contributed by atoms with E-state index in [1.54, 1.807) is 31.4 Å². The zero-order valence-electron chi connectivity index (χ0n) is 17.9. The normalized spacial score (nSPS) is 28.9. The maximum Gasteiger partial charge on any atom is 0.325 e. The van der Waals surface area contributed by atoms with Crippen LogP contribution in [0.3, 0.4) is 0 Å². The van der Waals surface area contributed by atoms with Gasteiger partial charge in [0.05, 0.1) is 7.11 Å². The average molecular weight is 414 g/mol. The molecule has 3 atom stereocenters. The van der Waals surface area contributed by atoms with E-state index in [0.29, 0.717) is 23.7 Å². The number of carbonyl (C=O) groups is 3. The van der Waals surface area contributed by atoms with Gasteiger partial charge in [-0.1, -0.05) is 31.9 Å². The number of methoxy groups -OCH3 is 1. The second-order valence-electron chi connectivity index (χ2n) is 8.65. The molecule has 3 aliphatic rings. The van der Waals surface area contributed by atoms with Crippen LogP contribution in [0.4, 0.5) is 4.79 Å². The molecule has 7 nitrogen and oxygen atoms in total. The van der Waals surface area contributed by atoms with Gasteiger partial charge in [-0.2, -0.15) is 0 Å². The molecule has 0 aromatic heterocycles. The van der Waals surface area contributed by atoms with Gasteiger partial charge in [0.2, 0.25) is 5.91 Å². The summed E-state index contributed by atoms with van der Waals surface area (Å²) in [6.45, 7) is 2.40. The van der Waals surface area contributed by atoms with Crippen molar-refractivity contribution in [2.45, 2.75) is 63.5 Å². The fourth-order valence-electron chi connectivity index (χ4n) is 5.45. The molecule has 2 saturated heterocycles. The second kappa shape index (κ2) is 8.28. The molecular formula is C23H31N3O4. The number of benzene rings is 1. The van der Waals surface area contributed by atoms with Crippen LogP contribution >= 0.6 is 0 Å². The fourth-order valence-corrected chi connectivity index (χ4v) is 5.45. The lowest BCUT2D eigenvalue weighted by Gasteiger charge is -2.44. The smallest absolute Gasteiger partial charge is 0.325 e. The summed E-state index contributed by atoms with van der Waals surface area (Å²) in [4.78, 5) is 42.3. The van der Waals surface area contributed by atoms with E-state index < -0.39 is 11.6 Å². The van der Waals surface area contributed by atoms with Gasteiger partial charge in [-0.05, 0) is 55.7 Å². The predicted octanol–water partition coefficient (Wildman–Crippen LogP) is 3.03. The van der Waals surface area contributed by atoms with E-state index in [2.05, 4.69) is 5.32 Å². The molecule has 0 bridgehead atoms. The first kappa shape index (κ1) is 20.7. The van der Waals surface area contributed by atoms with Crippen molar-refractivity contribution in [1.29, 1.82) is 0 Å². The Kier molecular flexibility index (Phi) is 5.71. The molecule has 2 heterocycles. The number of piperidine rings is 1. The van der Waals surface area contributed by atoms with Gasteiger partial charge in [0, 0.05) is 12.6 Å². The van der Waals surface area contributed by atoms with Gasteiger partial charge < -0.3 is 15.0 Å². The molecule has 0 unspecified atom stereocenters. The molecule has 3 fully saturated rings. The Hall–Kier alpha value is -2.57. The van der Waals surface area contributed by atoms with Gasteiger partial charge in [0.1, 0.15) is 17.8 Å². The summed E-state index contributed by atoms with van der Waals surface area (Å²) in [6, 6.07) is 6.90. The van der Waals surface area contributed by atoms with Crippen LogP contribution in [-0.2, 0) is 15.1 Å². The molecule has 4 amide bonds. The van der Waals surface area contributed by atoms with Gasteiger partial charge in [-0.15, -0.1) is 0 Å². The zero-order chi connectivity index (χ0) is 21.3. The maximum absolute atomic E-state index is 13.4. The maximum atomic E-state index is 13.4. The van der Waals surface area contributed by atoms with Crippen LogP contribution in [0.1, 0.15) is 57.4 Å². The van der Waals surface area contributed by atoms with Crippen molar-refractivity contribution < 1.29 is 19.1 Å². The van der Waals surface area contributed by atoms with Crippen LogP contribution in [-0.4, -0.2) is 53.9 Å². The molecule has 1 aliphatic carbocycles. The van der Waals surface area contributed by atoms with Crippen LogP contribution in [0, 0.1) is 5.92 Å². The van der Waals surface area contributed by atoms with Crippen LogP contribution in [0.2, 0.25) is 0 Å². The summed E-state index contributed by atoms with van der Waals surface area (Å²) in [6.07, 6.45) is 7.16. The number of rotatable bonds is 5. The average Bonchev–Trinajstić information content (AvgIpc) is 3.03. The summed E-state index contributed by atoms with van der Waals surface area (Å²) >= 11 is 0. The Balaban J connectivity index is 1.52. The second-order valence-corrected chi connectivity index (χ2v) is 8.65. The summed E-state index contributed by atoms with van der Waals surface area (Å²) in [5.41, 5.74) is -0.441. The van der Waals surface area contributed by atoms with Crippen LogP contribution in [0.25, 0.3) is 0 Å². The molecule has 162 valence electrons. The van der Waals surface area contributed by atoms with Crippen LogP contribution < -0.4 is 10.1 Å². The number of ether oxygens (including phenoxy) is 1. The predicted molar refractivity (Wildman–Crippen MR) is 112 cm³/mol. The highest BCUT2D eigenvalue weighted by Crippen LogP contribution is 2.36. The van der Waals surface area contributed by atoms with Gasteiger partial charge in [-0.3, -0.25) is 14.5 Å². The van der Waals surface area contributed by atoms with Crippen molar-refractivity contribution in [1.82, 2.24) is 15.1 Å². The Morgan fingerprint density at radius 3 is 2.53 bits per heavy atom. The minimum atomic E-state index is -1.14. The molecule has 7 heteroatoms. The molecule has 0 radical (unpaired) electrons. The first-order valence-electron chi connectivity index (χ1n) is 11.1. The first-order valence-corrected chi connectivity index (χ1v) is 11.1. The summed E-state index contributed by atoms with van der Waals surface area (Å²) < 4.78 is 5.20. The minimum absolute atomic E-state index is 0.114. The van der Waals surface area contributed by atoms with Crippen molar-refractivity contribution >= 4 is 17.8 Å². The van der Waals surface area contributed by atoms with E-state index in [0.717, 1.165) is 30.7 Å². The number of hydrogen-bond donors (Lipinski definition) is 1. The van der Waals surface area contributed by atoms with Gasteiger partial charge in [0.25, 0.3) is 5.91 Å². The van der Waals surface area contributed by atoms with E-state index in [1.807, 2.05) is 11.8 Å². The lowest BCUT2D eigenvalue weighted by atomic mass is 9.78. The molecule has 0 spiro atoms. The fraction of sp³-hybridized carbons (Fsp3) is 0.609. The Morgan fingerprint density at radius 1 is 1.13 bits per heavy atom. The van der Waals surface area contributed by atoms with Crippen molar-refractivity contribution in [2.24, 2.45) is 5.92 Å². The van der Waals surface area contributed by atoms with E-state index in [1.165, 1.54) is 19.3 Å². The SMILES string of the molecule is CC[C@@]1(c2ccc(OC)cc2)NC(=O)N(CC(=O)N2CCC[C@@H]3CCCC[C@@H]32)C1=O. The number of fused-ring (bicyclic) bond motifs is 1. The molecule has 1 saturated carbocycles. The van der Waals surface area contributed by atoms with Gasteiger partial charge >= 0.3 is 6.03 Å². The van der Waals surface area contributed by atoms with Crippen molar-refractivity contribution in [2.75, 3.05) is 20.2 Å². The number of amides is 4. The molecule has 4 rings (SSSR count). The molecule has 2 aliphatic heterocycles. The third-order valence-electron chi connectivity index (χ3n) is 7.15. The molecule has 1 N–H and O–H groups in total. The number of nitrogens with one attached hydrogen (secondary N) is 1. The highest BCUT2D eigenvalue weighted by molar-refractivity contribution is 6.09. The topological polar surface area (TPSA) is 79.0 Å². The minimum Gasteiger partial charge on any atom is -0.497 e. The Labute approximate surface area is 177 Å². The number of carbonyl (C=O) groups excluding carboxylic acids is 3. The molecule has 1 aromatic rings. The van der Waals surface area contributed by atoms with E-state index in [4.69, 9.17) is 4.74 Å². The van der Waals surface area contributed by atoms with Crippen LogP contribution in [0.15, 0.2) is 24.3 Å². The molecule has 30 heavy (non-hydrogen) atoms. The standard InChI is InChI=1S/C23H31N3O4/c1-3-23(17-10-12-18(30-2)13-11-17)21(28)26(22(29)24-23)15-20(27)25-14-6-8-16-7-4-5-9-19(16)25/h10-13,16,19H,3-9,14-15H2,1-2H3,(H,24,29)/t16-,19-,23-/m0/s1. The Morgan fingerprint density at radius 2 is 1.83 bits per heavy atom. The number of likely N-dealkylation sites (tertiary alicyclic amines) is 1. The summed E-state index contributed by atoms with van der Waals surface area (Å²) in [5, 5.41) is 2.86. The van der Waals surface area contributed by atoms with E-state index in [-0.39, 0.29) is 24.4 Å². The van der Waals surface area contributed by atoms with E-state index >= 15 is 0 Å². The number of nitrogens with zero attached hydrogens (tertiary/aromatic N) is 2. The number of urea groups is 1. The Bertz CT molecular complexity index is 822. The van der Waals surface area contributed by atoms with Gasteiger partial charge in [0.15, 0.2) is 0 Å². The zero-order valence-corrected chi connectivity index (χ0v) is 17.9. The lowest BCUT2D eigenvalue weighted by molar-refractivity contribution is -0.143. The first-order chi connectivity index (χ1) is 14.5. The highest BCUT2D eigenvalue weighted by atomic mass is 16.5. The third kappa shape index (κ3) is 3.44. The summed E-state index contributed by atoms with van der Waals surface area (Å²) in [7, 11) is 1.58. The number of imide groups is 1. The number of hydrogen-bond acceptors (Lipinski definition) is 4. The van der Waals surface area contributed by atoms with Gasteiger partial charge in [-0.25, -0.2) is 4.79 Å². The third-order valence-corrected chi connectivity index (χ3v) is 7.15. The van der Waals surface area contributed by atoms with Crippen molar-refractivity contribution in [3.05, 3.63) is 29.8 Å². The summed E-state index contributed by atoms with van der Waals surface area (Å²) in [5.74, 6) is 0.775.